The fourth-order valence-corrected chi connectivity index (χ4v) is 2.77. The zero-order chi connectivity index (χ0) is 10.6. The number of nitrogens with zero attached hydrogens (tertiary/aromatic N) is 2. The van der Waals surface area contributed by atoms with Crippen LogP contribution in [0.4, 0.5) is 5.82 Å². The first-order valence-electron chi connectivity index (χ1n) is 5.61. The first-order chi connectivity index (χ1) is 7.18. The van der Waals surface area contributed by atoms with Gasteiger partial charge in [-0.25, -0.2) is 0 Å². The number of hydrogen-bond acceptors (Lipinski definition) is 3. The molecule has 1 aliphatic heterocycles. The Kier molecular flexibility index (Phi) is 1.83. The monoisotopic (exact) mass is 207 g/mol. The zero-order valence-corrected chi connectivity index (χ0v) is 9.18. The first-order valence-corrected chi connectivity index (χ1v) is 5.61. The molecule has 1 saturated heterocycles. The van der Waals surface area contributed by atoms with Gasteiger partial charge in [-0.05, 0) is 25.7 Å². The molecule has 1 saturated carbocycles. The highest BCUT2D eigenvalue weighted by atomic mass is 16.5. The molecule has 1 aromatic heterocycles. The molecule has 2 N–H and O–H groups in total. The summed E-state index contributed by atoms with van der Waals surface area (Å²) in [5.74, 6) is 2.73. The summed E-state index contributed by atoms with van der Waals surface area (Å²) < 4.78 is 7.47. The number of nitrogen functional groups attached to an aromatic ring is 1. The Morgan fingerprint density at radius 3 is 2.73 bits per heavy atom. The Balaban J connectivity index is 1.91. The Hall–Kier alpha value is -1.03. The van der Waals surface area contributed by atoms with Crippen molar-refractivity contribution < 1.29 is 4.74 Å². The number of ether oxygens (including phenoxy) is 1. The molecule has 0 aromatic carbocycles. The highest BCUT2D eigenvalue weighted by Crippen LogP contribution is 2.57. The largest absolute Gasteiger partial charge is 0.382 e. The van der Waals surface area contributed by atoms with E-state index >= 15 is 0 Å². The average molecular weight is 207 g/mol. The SMILES string of the molecule is CC(C)n1nc(N)cc1C1[C@H]2COC[C@@H]12. The molecular weight excluding hydrogens is 190 g/mol. The first kappa shape index (κ1) is 9.21. The van der Waals surface area contributed by atoms with Crippen molar-refractivity contribution in [1.29, 1.82) is 0 Å². The van der Waals surface area contributed by atoms with Crippen LogP contribution < -0.4 is 5.73 Å². The molecule has 4 nitrogen and oxygen atoms in total. The lowest BCUT2D eigenvalue weighted by atomic mass is 10.2. The summed E-state index contributed by atoms with van der Waals surface area (Å²) >= 11 is 0. The van der Waals surface area contributed by atoms with Gasteiger partial charge < -0.3 is 10.5 Å². The highest BCUT2D eigenvalue weighted by Gasteiger charge is 2.56. The van der Waals surface area contributed by atoms with Crippen molar-refractivity contribution in [2.24, 2.45) is 11.8 Å². The molecule has 1 aromatic rings. The average Bonchev–Trinajstić information content (AvgIpc) is 2.62. The van der Waals surface area contributed by atoms with Crippen LogP contribution in [0.15, 0.2) is 6.07 Å². The molecule has 1 unspecified atom stereocenters. The Bertz CT molecular complexity index is 375. The smallest absolute Gasteiger partial charge is 0.145 e. The number of nitrogens with two attached hydrogens (primary N) is 1. The lowest BCUT2D eigenvalue weighted by molar-refractivity contribution is 0.159. The minimum atomic E-state index is 0.388. The van der Waals surface area contributed by atoms with Gasteiger partial charge in [0.1, 0.15) is 5.82 Å². The van der Waals surface area contributed by atoms with Crippen LogP contribution in [0, 0.1) is 11.8 Å². The maximum Gasteiger partial charge on any atom is 0.145 e. The van der Waals surface area contributed by atoms with E-state index < -0.39 is 0 Å². The molecule has 0 amide bonds. The summed E-state index contributed by atoms with van der Waals surface area (Å²) in [6.07, 6.45) is 0. The second-order valence-corrected chi connectivity index (χ2v) is 4.92. The minimum Gasteiger partial charge on any atom is -0.382 e. The van der Waals surface area contributed by atoms with E-state index in [4.69, 9.17) is 10.5 Å². The second-order valence-electron chi connectivity index (χ2n) is 4.92. The minimum absolute atomic E-state index is 0.388. The molecule has 4 heteroatoms. The molecule has 2 fully saturated rings. The van der Waals surface area contributed by atoms with Crippen LogP contribution in [0.3, 0.4) is 0 Å². The lowest BCUT2D eigenvalue weighted by Crippen LogP contribution is -2.09. The molecule has 15 heavy (non-hydrogen) atoms. The molecule has 2 heterocycles. The van der Waals surface area contributed by atoms with E-state index in [0.717, 1.165) is 25.0 Å². The number of hydrogen-bond donors (Lipinski definition) is 1. The van der Waals surface area contributed by atoms with Crippen molar-refractivity contribution in [1.82, 2.24) is 9.78 Å². The summed E-state index contributed by atoms with van der Waals surface area (Å²) in [6.45, 7) is 6.12. The number of rotatable bonds is 2. The molecule has 0 spiro atoms. The van der Waals surface area contributed by atoms with Crippen molar-refractivity contribution in [3.8, 4) is 0 Å². The van der Waals surface area contributed by atoms with E-state index in [2.05, 4.69) is 23.6 Å². The highest BCUT2D eigenvalue weighted by molar-refractivity contribution is 5.35. The van der Waals surface area contributed by atoms with E-state index in [1.165, 1.54) is 5.69 Å². The quantitative estimate of drug-likeness (QED) is 0.797. The summed E-state index contributed by atoms with van der Waals surface area (Å²) in [5.41, 5.74) is 7.08. The fourth-order valence-electron chi connectivity index (χ4n) is 2.77. The van der Waals surface area contributed by atoms with Crippen molar-refractivity contribution in [2.75, 3.05) is 18.9 Å². The van der Waals surface area contributed by atoms with Gasteiger partial charge in [0, 0.05) is 23.7 Å². The van der Waals surface area contributed by atoms with Crippen molar-refractivity contribution >= 4 is 5.82 Å². The third-order valence-electron chi connectivity index (χ3n) is 3.57. The Morgan fingerprint density at radius 2 is 2.13 bits per heavy atom. The maximum absolute atomic E-state index is 5.77. The van der Waals surface area contributed by atoms with Gasteiger partial charge in [-0.1, -0.05) is 0 Å². The van der Waals surface area contributed by atoms with Crippen LogP contribution in [0.1, 0.15) is 31.5 Å². The van der Waals surface area contributed by atoms with E-state index in [9.17, 15) is 0 Å². The second kappa shape index (κ2) is 2.98. The van der Waals surface area contributed by atoms with Gasteiger partial charge in [0.15, 0.2) is 0 Å². The molecule has 0 bridgehead atoms. The van der Waals surface area contributed by atoms with Gasteiger partial charge in [0.25, 0.3) is 0 Å². The predicted molar refractivity (Wildman–Crippen MR) is 57.6 cm³/mol. The van der Waals surface area contributed by atoms with E-state index in [1.807, 2.05) is 6.07 Å². The molecule has 82 valence electrons. The van der Waals surface area contributed by atoms with Crippen LogP contribution in [0.25, 0.3) is 0 Å². The summed E-state index contributed by atoms with van der Waals surface area (Å²) in [6, 6.07) is 2.42. The van der Waals surface area contributed by atoms with Gasteiger partial charge in [-0.2, -0.15) is 5.10 Å². The van der Waals surface area contributed by atoms with Crippen LogP contribution >= 0.6 is 0 Å². The normalized spacial score (nSPS) is 33.4. The van der Waals surface area contributed by atoms with Gasteiger partial charge >= 0.3 is 0 Å². The van der Waals surface area contributed by atoms with Gasteiger partial charge in [-0.3, -0.25) is 4.68 Å². The molecular formula is C11H17N3O. The van der Waals surface area contributed by atoms with Crippen molar-refractivity contribution in [2.45, 2.75) is 25.8 Å². The maximum atomic E-state index is 5.77. The van der Waals surface area contributed by atoms with E-state index in [0.29, 0.717) is 17.8 Å². The van der Waals surface area contributed by atoms with Crippen molar-refractivity contribution in [3.05, 3.63) is 11.8 Å². The van der Waals surface area contributed by atoms with Crippen LogP contribution in [0.2, 0.25) is 0 Å². The number of fused-ring (bicyclic) bond motifs is 1. The third kappa shape index (κ3) is 1.28. The number of aromatic nitrogens is 2. The molecule has 3 atom stereocenters. The predicted octanol–water partition coefficient (Wildman–Crippen LogP) is 1.41. The standard InChI is InChI=1S/C11H17N3O/c1-6(2)14-9(3-10(12)13-14)11-7-4-15-5-8(7)11/h3,6-8,11H,4-5H2,1-2H3,(H2,12,13)/t7-,8+,11?. The van der Waals surface area contributed by atoms with E-state index in [1.54, 1.807) is 0 Å². The topological polar surface area (TPSA) is 53.1 Å². The lowest BCUT2D eigenvalue weighted by Gasteiger charge is -2.11. The van der Waals surface area contributed by atoms with Gasteiger partial charge in [-0.15, -0.1) is 0 Å². The van der Waals surface area contributed by atoms with Gasteiger partial charge in [0.2, 0.25) is 0 Å². The van der Waals surface area contributed by atoms with Gasteiger partial charge in [0.05, 0.1) is 13.2 Å². The van der Waals surface area contributed by atoms with E-state index in [-0.39, 0.29) is 0 Å². The fraction of sp³-hybridized carbons (Fsp3) is 0.727. The Morgan fingerprint density at radius 1 is 1.47 bits per heavy atom. The molecule has 0 radical (unpaired) electrons. The van der Waals surface area contributed by atoms with Crippen molar-refractivity contribution in [3.63, 3.8) is 0 Å². The summed E-state index contributed by atoms with van der Waals surface area (Å²) in [4.78, 5) is 0. The Labute approximate surface area is 89.4 Å². The zero-order valence-electron chi connectivity index (χ0n) is 9.18. The number of anilines is 1. The molecule has 1 aliphatic carbocycles. The van der Waals surface area contributed by atoms with Crippen LogP contribution in [0.5, 0.6) is 0 Å². The summed E-state index contributed by atoms with van der Waals surface area (Å²) in [7, 11) is 0. The summed E-state index contributed by atoms with van der Waals surface area (Å²) in [5, 5.41) is 4.35. The molecule has 2 aliphatic rings. The van der Waals surface area contributed by atoms with Crippen LogP contribution in [-0.2, 0) is 4.74 Å². The molecule has 3 rings (SSSR count). The van der Waals surface area contributed by atoms with Crippen LogP contribution in [-0.4, -0.2) is 23.0 Å². The third-order valence-corrected chi connectivity index (χ3v) is 3.57.